The maximum Gasteiger partial charge on any atom is 0.472 e. The Morgan fingerprint density at radius 2 is 0.781 bits per heavy atom. The number of quaternary nitrogens is 1. The van der Waals surface area contributed by atoms with E-state index in [-0.39, 0.29) is 32.0 Å². The van der Waals surface area contributed by atoms with Gasteiger partial charge in [-0.2, -0.15) is 0 Å². The molecule has 0 aliphatic rings. The average Bonchev–Trinajstić information content (AvgIpc) is 3.35. The molecule has 2 unspecified atom stereocenters. The lowest BCUT2D eigenvalue weighted by atomic mass is 10.0. The first kappa shape index (κ1) is 70.5. The van der Waals surface area contributed by atoms with Crippen molar-refractivity contribution < 1.29 is 42.1 Å². The second kappa shape index (κ2) is 54.2. The highest BCUT2D eigenvalue weighted by atomic mass is 31.2. The van der Waals surface area contributed by atoms with E-state index in [1.54, 1.807) is 0 Å². The van der Waals surface area contributed by atoms with Gasteiger partial charge in [-0.25, -0.2) is 4.57 Å². The summed E-state index contributed by atoms with van der Waals surface area (Å²) in [5.74, 6) is -0.800. The van der Waals surface area contributed by atoms with Gasteiger partial charge in [0.05, 0.1) is 27.7 Å². The van der Waals surface area contributed by atoms with Crippen LogP contribution in [0.25, 0.3) is 0 Å². The van der Waals surface area contributed by atoms with Crippen LogP contribution in [0.3, 0.4) is 0 Å². The van der Waals surface area contributed by atoms with E-state index in [1.807, 2.05) is 21.1 Å². The normalized spacial score (nSPS) is 13.8. The molecule has 0 heterocycles. The van der Waals surface area contributed by atoms with E-state index in [1.165, 1.54) is 148 Å². The minimum absolute atomic E-state index is 0.0302. The van der Waals surface area contributed by atoms with Crippen molar-refractivity contribution in [1.82, 2.24) is 0 Å². The maximum absolute atomic E-state index is 12.8. The first-order valence-electron chi connectivity index (χ1n) is 30.2. The van der Waals surface area contributed by atoms with E-state index in [0.717, 1.165) is 83.5 Å². The molecule has 0 saturated heterocycles. The smallest absolute Gasteiger partial charge is 0.462 e. The number of ether oxygens (including phenoxy) is 2. The van der Waals surface area contributed by atoms with Gasteiger partial charge in [0, 0.05) is 12.8 Å². The summed E-state index contributed by atoms with van der Waals surface area (Å²) in [6.07, 6.45) is 71.3. The standard InChI is InChI=1S/C63H114NO8P/c1-6-8-10-12-14-16-18-20-22-23-24-25-26-27-28-29-30-31-32-33-34-35-36-37-38-39-40-41-42-44-46-48-50-52-54-56-63(66)72-61(60-71-73(67,68)70-58-57-64(3,4)5)59-69-62(65)55-53-51-49-47-45-43-21-19-17-15-13-11-9-7-2/h8,10,14,16,19-22,24-25,27-28,61H,6-7,9,11-13,15,17-18,23,26,29-60H2,1-5H3/p+1/b10-8-,16-14-,21-19-,22-20-,25-24-,28-27-. The van der Waals surface area contributed by atoms with E-state index in [0.29, 0.717) is 17.4 Å². The van der Waals surface area contributed by atoms with Gasteiger partial charge in [0.25, 0.3) is 0 Å². The Bertz CT molecular complexity index is 1460. The third kappa shape index (κ3) is 58.6. The van der Waals surface area contributed by atoms with Gasteiger partial charge in [-0.15, -0.1) is 0 Å². The molecule has 0 aromatic heterocycles. The molecule has 0 aromatic rings. The molecule has 0 saturated carbocycles. The zero-order chi connectivity index (χ0) is 53.5. The van der Waals surface area contributed by atoms with Crippen LogP contribution in [0.2, 0.25) is 0 Å². The van der Waals surface area contributed by atoms with Crippen molar-refractivity contribution in [1.29, 1.82) is 0 Å². The molecule has 0 rings (SSSR count). The zero-order valence-corrected chi connectivity index (χ0v) is 49.0. The highest BCUT2D eigenvalue weighted by Gasteiger charge is 2.27. The lowest BCUT2D eigenvalue weighted by Gasteiger charge is -2.24. The first-order valence-corrected chi connectivity index (χ1v) is 31.7. The molecule has 0 radical (unpaired) electrons. The summed E-state index contributed by atoms with van der Waals surface area (Å²) >= 11 is 0. The van der Waals surface area contributed by atoms with Crippen LogP contribution >= 0.6 is 7.82 Å². The number of hydrogen-bond donors (Lipinski definition) is 1. The number of carbonyl (C=O) groups excluding carboxylic acids is 2. The molecule has 9 nitrogen and oxygen atoms in total. The van der Waals surface area contributed by atoms with Gasteiger partial charge in [-0.1, -0.05) is 241 Å². The molecule has 1 N–H and O–H groups in total. The van der Waals surface area contributed by atoms with Crippen molar-refractivity contribution in [2.24, 2.45) is 0 Å². The number of hydrogen-bond acceptors (Lipinski definition) is 7. The molecule has 73 heavy (non-hydrogen) atoms. The molecule has 10 heteroatoms. The molecule has 0 amide bonds. The largest absolute Gasteiger partial charge is 0.472 e. The number of allylic oxidation sites excluding steroid dienone is 12. The number of phosphoric ester groups is 1. The lowest BCUT2D eigenvalue weighted by molar-refractivity contribution is -0.870. The number of esters is 2. The van der Waals surface area contributed by atoms with Crippen LogP contribution in [0.5, 0.6) is 0 Å². The van der Waals surface area contributed by atoms with Gasteiger partial charge < -0.3 is 18.9 Å². The summed E-state index contributed by atoms with van der Waals surface area (Å²) in [5.41, 5.74) is 0. The number of carbonyl (C=O) groups is 2. The summed E-state index contributed by atoms with van der Waals surface area (Å²) in [5, 5.41) is 0. The Kier molecular flexibility index (Phi) is 52.4. The van der Waals surface area contributed by atoms with Crippen molar-refractivity contribution >= 4 is 19.8 Å². The van der Waals surface area contributed by atoms with Crippen LogP contribution in [-0.2, 0) is 32.7 Å². The Morgan fingerprint density at radius 3 is 1.18 bits per heavy atom. The van der Waals surface area contributed by atoms with Crippen molar-refractivity contribution in [2.75, 3.05) is 47.5 Å². The summed E-state index contributed by atoms with van der Waals surface area (Å²) in [6.45, 7) is 4.32. The fourth-order valence-corrected chi connectivity index (χ4v) is 9.07. The molecular formula is C63H115NO8P+. The molecule has 2 atom stereocenters. The Balaban J connectivity index is 4.00. The quantitative estimate of drug-likeness (QED) is 0.0211. The lowest BCUT2D eigenvalue weighted by Crippen LogP contribution is -2.37. The van der Waals surface area contributed by atoms with Crippen molar-refractivity contribution in [3.63, 3.8) is 0 Å². The fourth-order valence-electron chi connectivity index (χ4n) is 8.33. The Hall–Kier alpha value is -2.55. The molecular weight excluding hydrogens is 930 g/mol. The third-order valence-electron chi connectivity index (χ3n) is 13.0. The predicted octanol–water partition coefficient (Wildman–Crippen LogP) is 18.9. The van der Waals surface area contributed by atoms with E-state index in [9.17, 15) is 19.0 Å². The van der Waals surface area contributed by atoms with Gasteiger partial charge in [0.2, 0.25) is 0 Å². The summed E-state index contributed by atoms with van der Waals surface area (Å²) in [7, 11) is 1.48. The monoisotopic (exact) mass is 1040 g/mol. The Labute approximate surface area is 450 Å². The molecule has 0 bridgehead atoms. The summed E-state index contributed by atoms with van der Waals surface area (Å²) < 4.78 is 34.5. The van der Waals surface area contributed by atoms with Gasteiger partial charge in [-0.05, 0) is 83.5 Å². The average molecular weight is 1050 g/mol. The molecule has 0 spiro atoms. The number of rotatable bonds is 55. The van der Waals surface area contributed by atoms with Crippen LogP contribution in [-0.4, -0.2) is 74.9 Å². The van der Waals surface area contributed by atoms with Crippen molar-refractivity contribution in [3.05, 3.63) is 72.9 Å². The number of nitrogens with zero attached hydrogens (tertiary/aromatic N) is 1. The topological polar surface area (TPSA) is 108 Å². The minimum atomic E-state index is -4.39. The number of phosphoric acid groups is 1. The fraction of sp³-hybridized carbons (Fsp3) is 0.778. The highest BCUT2D eigenvalue weighted by molar-refractivity contribution is 7.47. The zero-order valence-electron chi connectivity index (χ0n) is 48.1. The van der Waals surface area contributed by atoms with Crippen LogP contribution in [0.1, 0.15) is 264 Å². The second-order valence-electron chi connectivity index (χ2n) is 21.4. The van der Waals surface area contributed by atoms with E-state index in [2.05, 4.69) is 86.8 Å². The van der Waals surface area contributed by atoms with Gasteiger partial charge in [-0.3, -0.25) is 18.6 Å². The Morgan fingerprint density at radius 1 is 0.438 bits per heavy atom. The molecule has 0 aliphatic heterocycles. The molecule has 0 fully saturated rings. The minimum Gasteiger partial charge on any atom is -0.462 e. The van der Waals surface area contributed by atoms with Crippen LogP contribution in [0, 0.1) is 0 Å². The molecule has 0 aliphatic carbocycles. The van der Waals surface area contributed by atoms with Gasteiger partial charge >= 0.3 is 19.8 Å². The van der Waals surface area contributed by atoms with Gasteiger partial charge in [0.15, 0.2) is 6.10 Å². The van der Waals surface area contributed by atoms with E-state index < -0.39 is 26.5 Å². The van der Waals surface area contributed by atoms with Crippen LogP contribution in [0.4, 0.5) is 0 Å². The highest BCUT2D eigenvalue weighted by Crippen LogP contribution is 2.43. The third-order valence-corrected chi connectivity index (χ3v) is 14.0. The SMILES string of the molecule is CC/C=C\C/C=C\C/C=C\C/C=C\C/C=C\CCCCCCCCCCCCCCCCCCCCCC(=O)OC(COC(=O)CCCCCCC/C=C\CCCCCCC)COP(=O)(O)OCC[N+](C)(C)C. The van der Waals surface area contributed by atoms with E-state index in [4.69, 9.17) is 18.5 Å². The number of likely N-dealkylation sites (N-methyl/N-ethyl adjacent to an activating group) is 1. The first-order chi connectivity index (χ1) is 35.5. The van der Waals surface area contributed by atoms with Crippen LogP contribution < -0.4 is 0 Å². The molecule has 0 aromatic carbocycles. The maximum atomic E-state index is 12.8. The van der Waals surface area contributed by atoms with Crippen LogP contribution in [0.15, 0.2) is 72.9 Å². The second-order valence-corrected chi connectivity index (χ2v) is 22.8. The van der Waals surface area contributed by atoms with Gasteiger partial charge in [0.1, 0.15) is 19.8 Å². The number of unbranched alkanes of at least 4 members (excludes halogenated alkanes) is 29. The summed E-state index contributed by atoms with van der Waals surface area (Å²) in [6, 6.07) is 0. The molecule has 424 valence electrons. The van der Waals surface area contributed by atoms with E-state index >= 15 is 0 Å². The summed E-state index contributed by atoms with van der Waals surface area (Å²) in [4.78, 5) is 35.6. The van der Waals surface area contributed by atoms with Crippen molar-refractivity contribution in [2.45, 2.75) is 270 Å². The van der Waals surface area contributed by atoms with Crippen molar-refractivity contribution in [3.8, 4) is 0 Å². The predicted molar refractivity (Wildman–Crippen MR) is 312 cm³/mol.